The average Bonchev–Trinajstić information content (AvgIpc) is 1.41. The molecule has 17 heteroatoms. The zero-order valence-electron chi connectivity index (χ0n) is 7.64. The van der Waals surface area contributed by atoms with Crippen LogP contribution in [0.2, 0.25) is 0 Å². The van der Waals surface area contributed by atoms with Crippen LogP contribution in [-0.4, -0.2) is 0 Å². The van der Waals surface area contributed by atoms with E-state index in [1.807, 2.05) is 0 Å². The van der Waals surface area contributed by atoms with E-state index in [1.165, 1.54) is 0 Å². The molecule has 0 rings (SSSR count). The van der Waals surface area contributed by atoms with Gasteiger partial charge in [0.2, 0.25) is 0 Å². The Labute approximate surface area is 103 Å². The van der Waals surface area contributed by atoms with Gasteiger partial charge in [-0.25, -0.2) is 0 Å². The standard InChI is InChI=1S/3H4NO3P.2P/c3*1-5(2,3)4;;/h3*(H4,1,2,3,4);;/q;;;2*+3/p-6. The first-order chi connectivity index (χ1) is 6.00. The van der Waals surface area contributed by atoms with Crippen LogP contribution >= 0.6 is 43.0 Å². The maximum Gasteiger partial charge on any atom is 3.00 e. The first kappa shape index (κ1) is 30.9. The molecular weight excluding hydrogens is 341 g/mol. The maximum absolute atomic E-state index is 8.88. The minimum Gasteiger partial charge on any atom is -0.799 e. The SMILES string of the molecule is NP(=O)([O-])[O-].NP(=O)([O-])[O-].NP(=O)([O-])[O-].[P+3].[P+3]. The van der Waals surface area contributed by atoms with Gasteiger partial charge in [0, 0.05) is 0 Å². The molecule has 0 saturated carbocycles. The smallest absolute Gasteiger partial charge is 0.799 e. The average molecular weight is 347 g/mol. The minimum absolute atomic E-state index is 0. The minimum atomic E-state index is -4.64. The molecule has 0 bridgehead atoms. The van der Waals surface area contributed by atoms with Crippen LogP contribution in [0.15, 0.2) is 0 Å². The fraction of sp³-hybridized carbons (Fsp3) is 0. The predicted octanol–water partition coefficient (Wildman–Crippen LogP) is -4.96. The molecule has 0 amide bonds. The number of hydrogen-bond acceptors (Lipinski definition) is 9. The zero-order chi connectivity index (χ0) is 13.5. The van der Waals surface area contributed by atoms with Crippen LogP contribution < -0.4 is 45.9 Å². The second-order valence-electron chi connectivity index (χ2n) is 1.62. The quantitative estimate of drug-likeness (QED) is 0.347. The Morgan fingerprint density at radius 2 is 0.529 bits per heavy atom. The van der Waals surface area contributed by atoms with Gasteiger partial charge in [0.05, 0.1) is 0 Å². The second-order valence-corrected chi connectivity index (χ2v) is 4.86. The van der Waals surface area contributed by atoms with Gasteiger partial charge in [0.15, 0.2) is 0 Å². The van der Waals surface area contributed by atoms with Gasteiger partial charge in [0.1, 0.15) is 0 Å². The van der Waals surface area contributed by atoms with Crippen molar-refractivity contribution < 1.29 is 43.1 Å². The van der Waals surface area contributed by atoms with Crippen molar-refractivity contribution in [2.45, 2.75) is 0 Å². The van der Waals surface area contributed by atoms with Gasteiger partial charge < -0.3 is 59.6 Å². The van der Waals surface area contributed by atoms with Crippen molar-refractivity contribution in [2.24, 2.45) is 16.5 Å². The van der Waals surface area contributed by atoms with E-state index in [-0.39, 0.29) is 19.8 Å². The molecule has 0 aromatic rings. The summed E-state index contributed by atoms with van der Waals surface area (Å²) in [6, 6.07) is 0. The van der Waals surface area contributed by atoms with E-state index in [1.54, 1.807) is 0 Å². The molecule has 0 aliphatic rings. The summed E-state index contributed by atoms with van der Waals surface area (Å²) in [5, 5.41) is 0. The molecule has 4 radical (unpaired) electrons. The number of rotatable bonds is 0. The first-order valence-electron chi connectivity index (χ1n) is 2.42. The van der Waals surface area contributed by atoms with E-state index in [0.29, 0.717) is 0 Å². The summed E-state index contributed by atoms with van der Waals surface area (Å²) in [4.78, 5) is 53.3. The number of nitrogens with two attached hydrogens (primary N) is 3. The second kappa shape index (κ2) is 12.2. The van der Waals surface area contributed by atoms with Crippen molar-refractivity contribution in [3.05, 3.63) is 0 Å². The predicted molar refractivity (Wildman–Crippen MR) is 49.2 cm³/mol. The van der Waals surface area contributed by atoms with Crippen LogP contribution in [0.25, 0.3) is 0 Å². The third-order valence-electron chi connectivity index (χ3n) is 0. The van der Waals surface area contributed by atoms with E-state index >= 15 is 0 Å². The molecule has 0 aliphatic heterocycles. The third-order valence-corrected chi connectivity index (χ3v) is 0. The third kappa shape index (κ3) is 2800. The molecule has 0 fully saturated rings. The van der Waals surface area contributed by atoms with Gasteiger partial charge in [-0.3, -0.25) is 0 Å². The summed E-state index contributed by atoms with van der Waals surface area (Å²) >= 11 is 0. The Morgan fingerprint density at radius 1 is 0.529 bits per heavy atom. The Kier molecular flexibility index (Phi) is 22.2. The summed E-state index contributed by atoms with van der Waals surface area (Å²) in [6.07, 6.45) is 0. The molecule has 0 unspecified atom stereocenters. The Morgan fingerprint density at radius 3 is 0.529 bits per heavy atom. The Balaban J connectivity index is -0.0000000400. The zero-order valence-corrected chi connectivity index (χ0v) is 12.1. The molecule has 6 N–H and O–H groups in total. The van der Waals surface area contributed by atoms with Crippen LogP contribution in [-0.2, 0) is 13.7 Å². The molecule has 12 nitrogen and oxygen atoms in total. The molecule has 0 saturated heterocycles. The van der Waals surface area contributed by atoms with Gasteiger partial charge in [-0.15, -0.1) is 0 Å². The molecule has 0 spiro atoms. The van der Waals surface area contributed by atoms with Crippen LogP contribution in [0.1, 0.15) is 0 Å². The molecule has 0 heterocycles. The molecule has 0 aromatic carbocycles. The van der Waals surface area contributed by atoms with Crippen LogP contribution in [0.3, 0.4) is 0 Å². The molecule has 0 aromatic heterocycles. The Hall–Kier alpha value is 1.19. The summed E-state index contributed by atoms with van der Waals surface area (Å²) in [5.41, 5.74) is 11.4. The molecule has 0 atom stereocenters. The first-order valence-corrected chi connectivity index (χ1v) is 7.25. The van der Waals surface area contributed by atoms with E-state index < -0.39 is 23.2 Å². The van der Waals surface area contributed by atoms with Gasteiger partial charge in [0.25, 0.3) is 0 Å². The fourth-order valence-corrected chi connectivity index (χ4v) is 0. The summed E-state index contributed by atoms with van der Waals surface area (Å²) in [5.74, 6) is 0. The van der Waals surface area contributed by atoms with E-state index in [0.717, 1.165) is 0 Å². The van der Waals surface area contributed by atoms with Crippen LogP contribution in [0.4, 0.5) is 0 Å². The monoisotopic (exact) mass is 347 g/mol. The summed E-state index contributed by atoms with van der Waals surface area (Å²) in [7, 11) is -13.9. The van der Waals surface area contributed by atoms with Crippen molar-refractivity contribution in [1.29, 1.82) is 0 Å². The Bertz CT molecular complexity index is 211. The van der Waals surface area contributed by atoms with E-state index in [4.69, 9.17) is 43.1 Å². The van der Waals surface area contributed by atoms with Crippen LogP contribution in [0.5, 0.6) is 0 Å². The molecule has 17 heavy (non-hydrogen) atoms. The largest absolute Gasteiger partial charge is 3.00 e. The van der Waals surface area contributed by atoms with E-state index in [9.17, 15) is 0 Å². The van der Waals surface area contributed by atoms with Gasteiger partial charge in [-0.1, -0.05) is 0 Å². The van der Waals surface area contributed by atoms with Crippen LogP contribution in [0, 0.1) is 0 Å². The normalized spacial score (nSPS) is 10.4. The summed E-state index contributed by atoms with van der Waals surface area (Å²) < 4.78 is 26.6. The fourth-order valence-electron chi connectivity index (χ4n) is 0. The topological polar surface area (TPSA) is 268 Å². The van der Waals surface area contributed by atoms with E-state index in [2.05, 4.69) is 16.5 Å². The van der Waals surface area contributed by atoms with Crippen molar-refractivity contribution >= 4 is 43.0 Å². The molecule has 0 aliphatic carbocycles. The summed E-state index contributed by atoms with van der Waals surface area (Å²) in [6.45, 7) is 0. The maximum atomic E-state index is 8.88. The van der Waals surface area contributed by atoms with Gasteiger partial charge in [-0.2, -0.15) is 0 Å². The molecule has 100 valence electrons. The van der Waals surface area contributed by atoms with Crippen molar-refractivity contribution in [2.75, 3.05) is 0 Å². The van der Waals surface area contributed by atoms with Gasteiger partial charge >= 0.3 is 19.8 Å². The van der Waals surface area contributed by atoms with Crippen molar-refractivity contribution in [1.82, 2.24) is 0 Å². The van der Waals surface area contributed by atoms with Crippen molar-refractivity contribution in [3.63, 3.8) is 0 Å². The van der Waals surface area contributed by atoms with Crippen molar-refractivity contribution in [3.8, 4) is 0 Å². The molecular formula is H6N3O9P5. The van der Waals surface area contributed by atoms with Gasteiger partial charge in [-0.05, 0) is 23.2 Å². The number of hydrogen-bond donors (Lipinski definition) is 3.